The van der Waals surface area contributed by atoms with Crippen molar-refractivity contribution in [2.75, 3.05) is 26.4 Å². The number of unbranched alkanes of at least 4 members (excludes halogenated alkanes) is 51. The molecular formula is C79H153NO18. The van der Waals surface area contributed by atoms with E-state index >= 15 is 0 Å². The number of carbonyl (C=O) groups excluding carboxylic acids is 1. The Labute approximate surface area is 595 Å². The van der Waals surface area contributed by atoms with Gasteiger partial charge >= 0.3 is 0 Å². The average molecular weight is 1410 g/mol. The molecule has 0 saturated carbocycles. The molecule has 3 saturated heterocycles. The van der Waals surface area contributed by atoms with Gasteiger partial charge in [0, 0.05) is 6.42 Å². The van der Waals surface area contributed by atoms with Crippen molar-refractivity contribution in [1.29, 1.82) is 0 Å². The standard InChI is InChI=1S/C79H153NO18/c1-3-5-7-9-11-13-15-17-18-19-20-21-22-23-24-25-26-27-28-29-30-31-32-33-34-35-36-37-38-39-40-41-42-43-44-45-47-49-51-53-55-57-67(85)80-62(63(84)56-54-52-50-48-46-16-14-12-10-8-6-4-2)61-93-77-73(91)70(88)75(65(59-82)95-77)98-79-74(92)71(89)76(66(60-83)96-79)97-78-72(90)69(87)68(86)64(58-81)94-78/h62-66,68-79,81-84,86-92H,3-61H2,1-2H3,(H,80,85). The van der Waals surface area contributed by atoms with E-state index in [1.165, 1.54) is 289 Å². The summed E-state index contributed by atoms with van der Waals surface area (Å²) in [6.45, 7) is 1.84. The molecule has 3 rings (SSSR count). The lowest BCUT2D eigenvalue weighted by molar-refractivity contribution is -0.379. The van der Waals surface area contributed by atoms with Gasteiger partial charge in [0.15, 0.2) is 18.9 Å². The summed E-state index contributed by atoms with van der Waals surface area (Å²) in [4.78, 5) is 13.4. The summed E-state index contributed by atoms with van der Waals surface area (Å²) in [6, 6.07) is -0.881. The van der Waals surface area contributed by atoms with Crippen molar-refractivity contribution in [1.82, 2.24) is 5.32 Å². The van der Waals surface area contributed by atoms with Crippen LogP contribution in [0.25, 0.3) is 0 Å². The van der Waals surface area contributed by atoms with Crippen LogP contribution in [-0.2, 0) is 33.2 Å². The number of amides is 1. The number of aliphatic hydroxyl groups excluding tert-OH is 11. The minimum atomic E-state index is -1.97. The fourth-order valence-electron chi connectivity index (χ4n) is 14.6. The van der Waals surface area contributed by atoms with Crippen LogP contribution in [0.15, 0.2) is 0 Å². The van der Waals surface area contributed by atoms with E-state index in [0.717, 1.165) is 44.9 Å². The first-order chi connectivity index (χ1) is 47.8. The minimum Gasteiger partial charge on any atom is -0.394 e. The van der Waals surface area contributed by atoms with Crippen LogP contribution in [0, 0.1) is 0 Å². The second-order valence-electron chi connectivity index (χ2n) is 30.0. The van der Waals surface area contributed by atoms with Gasteiger partial charge < -0.3 is 89.9 Å². The molecule has 3 aliphatic heterocycles. The van der Waals surface area contributed by atoms with Gasteiger partial charge in [-0.3, -0.25) is 4.79 Å². The highest BCUT2D eigenvalue weighted by Crippen LogP contribution is 2.33. The molecule has 17 atom stereocenters. The van der Waals surface area contributed by atoms with Crippen molar-refractivity contribution in [3.63, 3.8) is 0 Å². The monoisotopic (exact) mass is 1400 g/mol. The molecule has 0 aromatic rings. The topological polar surface area (TPSA) is 307 Å². The smallest absolute Gasteiger partial charge is 0.220 e. The van der Waals surface area contributed by atoms with Crippen molar-refractivity contribution in [3.8, 4) is 0 Å². The van der Waals surface area contributed by atoms with Gasteiger partial charge in [-0.05, 0) is 12.8 Å². The number of rotatable bonds is 67. The van der Waals surface area contributed by atoms with Crippen molar-refractivity contribution < 1.29 is 89.4 Å². The maximum absolute atomic E-state index is 13.4. The molecule has 0 bridgehead atoms. The highest BCUT2D eigenvalue weighted by molar-refractivity contribution is 5.76. The zero-order valence-corrected chi connectivity index (χ0v) is 62.3. The normalized spacial score (nSPS) is 26.6. The number of ether oxygens (including phenoxy) is 6. The highest BCUT2D eigenvalue weighted by atomic mass is 16.8. The summed E-state index contributed by atoms with van der Waals surface area (Å²) in [6.07, 6.45) is 44.0. The van der Waals surface area contributed by atoms with Crippen molar-refractivity contribution in [3.05, 3.63) is 0 Å². The van der Waals surface area contributed by atoms with E-state index in [4.69, 9.17) is 28.4 Å². The molecule has 0 radical (unpaired) electrons. The Balaban J connectivity index is 1.24. The quantitative estimate of drug-likeness (QED) is 0.0252. The molecule has 98 heavy (non-hydrogen) atoms. The number of aliphatic hydroxyl groups is 11. The lowest BCUT2D eigenvalue weighted by Crippen LogP contribution is -2.66. The second-order valence-corrected chi connectivity index (χ2v) is 30.0. The van der Waals surface area contributed by atoms with Gasteiger partial charge in [-0.15, -0.1) is 0 Å². The molecule has 19 nitrogen and oxygen atoms in total. The lowest BCUT2D eigenvalue weighted by Gasteiger charge is -2.48. The molecule has 3 aliphatic rings. The van der Waals surface area contributed by atoms with Crippen LogP contribution < -0.4 is 5.32 Å². The number of carbonyl (C=O) groups is 1. The van der Waals surface area contributed by atoms with Crippen molar-refractivity contribution in [2.24, 2.45) is 0 Å². The fourth-order valence-corrected chi connectivity index (χ4v) is 14.6. The Bertz CT molecular complexity index is 1770. The van der Waals surface area contributed by atoms with Gasteiger partial charge in [0.2, 0.25) is 5.91 Å². The number of hydrogen-bond donors (Lipinski definition) is 12. The predicted octanol–water partition coefficient (Wildman–Crippen LogP) is 13.8. The zero-order valence-electron chi connectivity index (χ0n) is 62.3. The molecular weight excluding hydrogens is 1250 g/mol. The first kappa shape index (κ1) is 91.0. The van der Waals surface area contributed by atoms with Crippen LogP contribution in [0.5, 0.6) is 0 Å². The number of nitrogens with one attached hydrogen (secondary N) is 1. The Kier molecular flexibility index (Phi) is 56.6. The average Bonchev–Trinajstić information content (AvgIpc) is 0.785. The Morgan fingerprint density at radius 1 is 0.327 bits per heavy atom. The van der Waals surface area contributed by atoms with Crippen molar-refractivity contribution >= 4 is 5.91 Å². The Hall–Kier alpha value is -1.21. The van der Waals surface area contributed by atoms with Gasteiger partial charge in [0.25, 0.3) is 0 Å². The highest BCUT2D eigenvalue weighted by Gasteiger charge is 2.54. The first-order valence-corrected chi connectivity index (χ1v) is 41.3. The van der Waals surface area contributed by atoms with Crippen LogP contribution in [0.1, 0.15) is 367 Å². The summed E-state index contributed by atoms with van der Waals surface area (Å²) in [7, 11) is 0. The molecule has 1 amide bonds. The summed E-state index contributed by atoms with van der Waals surface area (Å²) in [5.74, 6) is -0.235. The van der Waals surface area contributed by atoms with E-state index in [1.54, 1.807) is 0 Å². The van der Waals surface area contributed by atoms with Crippen LogP contribution >= 0.6 is 0 Å². The van der Waals surface area contributed by atoms with Crippen LogP contribution in [-0.4, -0.2) is 193 Å². The summed E-state index contributed by atoms with van der Waals surface area (Å²) in [5.41, 5.74) is 0. The van der Waals surface area contributed by atoms with E-state index in [1.807, 2.05) is 0 Å². The van der Waals surface area contributed by atoms with Gasteiger partial charge in [-0.1, -0.05) is 348 Å². The molecule has 0 aromatic carbocycles. The molecule has 582 valence electrons. The fraction of sp³-hybridized carbons (Fsp3) is 0.987. The molecule has 17 unspecified atom stereocenters. The first-order valence-electron chi connectivity index (χ1n) is 41.3. The predicted molar refractivity (Wildman–Crippen MR) is 388 cm³/mol. The minimum absolute atomic E-state index is 0.235. The molecule has 0 spiro atoms. The summed E-state index contributed by atoms with van der Waals surface area (Å²) >= 11 is 0. The van der Waals surface area contributed by atoms with Gasteiger partial charge in [0.05, 0.1) is 38.6 Å². The van der Waals surface area contributed by atoms with Crippen molar-refractivity contribution in [2.45, 2.75) is 471 Å². The summed E-state index contributed by atoms with van der Waals surface area (Å²) < 4.78 is 34.4. The Morgan fingerprint density at radius 2 is 0.582 bits per heavy atom. The SMILES string of the molecule is CCCCCCCCCCCCCCCCCCCCCCCCCCCCCCCCCCCCCCCCCCCC(=O)NC(COC1OC(CO)C(OC2OC(CO)C(OC3OC(CO)C(O)C(O)C3O)C(O)C2O)C(O)C1O)C(O)CCCCCCCCCCCCCC. The summed E-state index contributed by atoms with van der Waals surface area (Å²) in [5, 5.41) is 121. The van der Waals surface area contributed by atoms with E-state index in [0.29, 0.717) is 12.8 Å². The van der Waals surface area contributed by atoms with E-state index in [-0.39, 0.29) is 18.9 Å². The lowest BCUT2D eigenvalue weighted by atomic mass is 9.96. The van der Waals surface area contributed by atoms with Crippen LogP contribution in [0.2, 0.25) is 0 Å². The largest absolute Gasteiger partial charge is 0.394 e. The molecule has 0 aliphatic carbocycles. The third-order valence-corrected chi connectivity index (χ3v) is 21.2. The van der Waals surface area contributed by atoms with Gasteiger partial charge in [0.1, 0.15) is 73.2 Å². The maximum atomic E-state index is 13.4. The molecule has 19 heteroatoms. The molecule has 12 N–H and O–H groups in total. The Morgan fingerprint density at radius 3 is 0.888 bits per heavy atom. The third-order valence-electron chi connectivity index (χ3n) is 21.2. The molecule has 3 heterocycles. The van der Waals surface area contributed by atoms with Crippen LogP contribution in [0.4, 0.5) is 0 Å². The van der Waals surface area contributed by atoms with Gasteiger partial charge in [-0.2, -0.15) is 0 Å². The number of hydrogen-bond acceptors (Lipinski definition) is 18. The molecule has 0 aromatic heterocycles. The van der Waals surface area contributed by atoms with Crippen LogP contribution in [0.3, 0.4) is 0 Å². The maximum Gasteiger partial charge on any atom is 0.220 e. The van der Waals surface area contributed by atoms with E-state index in [2.05, 4.69) is 19.2 Å². The van der Waals surface area contributed by atoms with Gasteiger partial charge in [-0.25, -0.2) is 0 Å². The second kappa shape index (κ2) is 61.0. The third kappa shape index (κ3) is 40.9. The molecule has 3 fully saturated rings. The van der Waals surface area contributed by atoms with E-state index < -0.39 is 124 Å². The zero-order chi connectivity index (χ0) is 71.1. The van der Waals surface area contributed by atoms with E-state index in [9.17, 15) is 61.0 Å².